The molecular formula is C14H18BrN. The van der Waals surface area contributed by atoms with E-state index in [1.807, 2.05) is 0 Å². The van der Waals surface area contributed by atoms with Crippen LogP contribution < -0.4 is 5.32 Å². The molecular weight excluding hydrogens is 262 g/mol. The molecule has 1 rings (SSSR count). The summed E-state index contributed by atoms with van der Waals surface area (Å²) < 4.78 is 1.19. The van der Waals surface area contributed by atoms with Gasteiger partial charge in [0.05, 0.1) is 0 Å². The zero-order chi connectivity index (χ0) is 12.1. The maximum atomic E-state index is 5.40. The first kappa shape index (κ1) is 13.3. The lowest BCUT2D eigenvalue weighted by Gasteiger charge is -2.18. The lowest BCUT2D eigenvalue weighted by Crippen LogP contribution is -2.20. The lowest BCUT2D eigenvalue weighted by atomic mass is 9.99. The number of rotatable bonds is 4. The van der Waals surface area contributed by atoms with Crippen LogP contribution in [-0.4, -0.2) is 6.54 Å². The van der Waals surface area contributed by atoms with Crippen LogP contribution in [0.4, 0.5) is 0 Å². The van der Waals surface area contributed by atoms with Crippen LogP contribution in [0.5, 0.6) is 0 Å². The van der Waals surface area contributed by atoms with Crippen molar-refractivity contribution >= 4 is 15.9 Å². The maximum absolute atomic E-state index is 5.40. The van der Waals surface area contributed by atoms with Crippen LogP contribution in [0, 0.1) is 26.2 Å². The molecule has 0 aliphatic rings. The highest BCUT2D eigenvalue weighted by molar-refractivity contribution is 9.10. The fourth-order valence-corrected chi connectivity index (χ4v) is 2.08. The van der Waals surface area contributed by atoms with Gasteiger partial charge in [-0.05, 0) is 37.1 Å². The maximum Gasteiger partial charge on any atom is 0.0430 e. The minimum Gasteiger partial charge on any atom is -0.309 e. The van der Waals surface area contributed by atoms with E-state index in [2.05, 4.69) is 60.1 Å². The van der Waals surface area contributed by atoms with Gasteiger partial charge in [-0.15, -0.1) is 12.3 Å². The van der Waals surface area contributed by atoms with E-state index in [0.29, 0.717) is 0 Å². The average Bonchev–Trinajstić information content (AvgIpc) is 2.25. The second-order valence-electron chi connectivity index (χ2n) is 3.99. The third kappa shape index (κ3) is 3.10. The second-order valence-corrected chi connectivity index (χ2v) is 4.78. The largest absolute Gasteiger partial charge is 0.309 e. The van der Waals surface area contributed by atoms with Crippen molar-refractivity contribution in [1.29, 1.82) is 0 Å². The summed E-state index contributed by atoms with van der Waals surface area (Å²) in [5.41, 5.74) is 3.79. The zero-order valence-electron chi connectivity index (χ0n) is 10.1. The Balaban J connectivity index is 3.05. The molecule has 0 bridgehead atoms. The van der Waals surface area contributed by atoms with Gasteiger partial charge < -0.3 is 5.32 Å². The van der Waals surface area contributed by atoms with E-state index >= 15 is 0 Å². The van der Waals surface area contributed by atoms with Gasteiger partial charge in [-0.25, -0.2) is 0 Å². The van der Waals surface area contributed by atoms with Crippen LogP contribution in [0.25, 0.3) is 0 Å². The molecule has 1 nitrogen and oxygen atoms in total. The van der Waals surface area contributed by atoms with Crippen molar-refractivity contribution in [3.05, 3.63) is 33.3 Å². The van der Waals surface area contributed by atoms with Crippen molar-refractivity contribution in [1.82, 2.24) is 5.32 Å². The van der Waals surface area contributed by atoms with Gasteiger partial charge in [0.2, 0.25) is 0 Å². The van der Waals surface area contributed by atoms with Crippen molar-refractivity contribution in [2.75, 3.05) is 6.54 Å². The van der Waals surface area contributed by atoms with Gasteiger partial charge in [0, 0.05) is 16.9 Å². The fourth-order valence-electron chi connectivity index (χ4n) is 1.85. The summed E-state index contributed by atoms with van der Waals surface area (Å²) in [6.07, 6.45) is 6.13. The number of terminal acetylenes is 1. The van der Waals surface area contributed by atoms with E-state index in [1.54, 1.807) is 0 Å². The number of aryl methyl sites for hydroxylation is 2. The third-order valence-corrected chi connectivity index (χ3v) is 3.88. The molecule has 0 amide bonds. The first-order valence-electron chi connectivity index (χ1n) is 5.53. The Morgan fingerprint density at radius 2 is 1.94 bits per heavy atom. The molecule has 1 unspecified atom stereocenters. The fraction of sp³-hybridized carbons (Fsp3) is 0.429. The molecule has 1 aromatic rings. The van der Waals surface area contributed by atoms with Crippen molar-refractivity contribution < 1.29 is 0 Å². The molecule has 0 saturated carbocycles. The van der Waals surface area contributed by atoms with Crippen molar-refractivity contribution in [2.24, 2.45) is 0 Å². The summed E-state index contributed by atoms with van der Waals surface area (Å²) in [6.45, 7) is 7.25. The van der Waals surface area contributed by atoms with E-state index in [0.717, 1.165) is 13.0 Å². The molecule has 16 heavy (non-hydrogen) atoms. The summed E-state index contributed by atoms with van der Waals surface area (Å²) in [4.78, 5) is 0. The topological polar surface area (TPSA) is 12.0 Å². The number of halogens is 1. The Hall–Kier alpha value is -0.780. The molecule has 0 radical (unpaired) electrons. The van der Waals surface area contributed by atoms with Crippen LogP contribution in [0.15, 0.2) is 16.6 Å². The van der Waals surface area contributed by atoms with Crippen LogP contribution in [0.3, 0.4) is 0 Å². The predicted molar refractivity (Wildman–Crippen MR) is 73.5 cm³/mol. The number of hydrogen-bond acceptors (Lipinski definition) is 1. The highest BCUT2D eigenvalue weighted by Gasteiger charge is 2.11. The van der Waals surface area contributed by atoms with Crippen LogP contribution >= 0.6 is 15.9 Å². The Labute approximate surface area is 107 Å². The van der Waals surface area contributed by atoms with Gasteiger partial charge in [0.1, 0.15) is 0 Å². The Bertz CT molecular complexity index is 381. The smallest absolute Gasteiger partial charge is 0.0430 e. The number of benzene rings is 1. The van der Waals surface area contributed by atoms with Gasteiger partial charge >= 0.3 is 0 Å². The van der Waals surface area contributed by atoms with E-state index < -0.39 is 0 Å². The second kappa shape index (κ2) is 6.08. The third-order valence-electron chi connectivity index (χ3n) is 2.63. The molecule has 86 valence electrons. The van der Waals surface area contributed by atoms with Crippen molar-refractivity contribution in [2.45, 2.75) is 33.2 Å². The molecule has 0 fully saturated rings. The standard InChI is InChI=1S/C14H18BrN/c1-5-7-13(16-6-2)12-8-10(3)14(15)11(4)9-12/h1,8-9,13,16H,6-7H2,2-4H3. The highest BCUT2D eigenvalue weighted by atomic mass is 79.9. The first-order valence-corrected chi connectivity index (χ1v) is 6.33. The summed E-state index contributed by atoms with van der Waals surface area (Å²) in [6, 6.07) is 4.66. The Morgan fingerprint density at radius 1 is 1.38 bits per heavy atom. The molecule has 2 heteroatoms. The average molecular weight is 280 g/mol. The molecule has 1 atom stereocenters. The lowest BCUT2D eigenvalue weighted by molar-refractivity contribution is 0.564. The van der Waals surface area contributed by atoms with Gasteiger partial charge in [-0.2, -0.15) is 0 Å². The molecule has 0 aliphatic carbocycles. The van der Waals surface area contributed by atoms with Crippen LogP contribution in [0.2, 0.25) is 0 Å². The minimum absolute atomic E-state index is 0.264. The van der Waals surface area contributed by atoms with E-state index in [-0.39, 0.29) is 6.04 Å². The molecule has 0 aromatic heterocycles. The number of hydrogen-bond donors (Lipinski definition) is 1. The van der Waals surface area contributed by atoms with Gasteiger partial charge in [-0.1, -0.05) is 35.0 Å². The van der Waals surface area contributed by atoms with Crippen molar-refractivity contribution in [3.8, 4) is 12.3 Å². The van der Waals surface area contributed by atoms with Gasteiger partial charge in [0.25, 0.3) is 0 Å². The zero-order valence-corrected chi connectivity index (χ0v) is 11.7. The quantitative estimate of drug-likeness (QED) is 0.828. The van der Waals surface area contributed by atoms with E-state index in [9.17, 15) is 0 Å². The monoisotopic (exact) mass is 279 g/mol. The van der Waals surface area contributed by atoms with Gasteiger partial charge in [0.15, 0.2) is 0 Å². The molecule has 0 aliphatic heterocycles. The van der Waals surface area contributed by atoms with Crippen LogP contribution in [0.1, 0.15) is 36.1 Å². The molecule has 1 aromatic carbocycles. The molecule has 1 N–H and O–H groups in total. The van der Waals surface area contributed by atoms with Crippen molar-refractivity contribution in [3.63, 3.8) is 0 Å². The summed E-state index contributed by atoms with van der Waals surface area (Å²) in [5, 5.41) is 3.42. The summed E-state index contributed by atoms with van der Waals surface area (Å²) >= 11 is 3.58. The Morgan fingerprint density at radius 3 is 2.38 bits per heavy atom. The molecule has 0 heterocycles. The SMILES string of the molecule is C#CCC(NCC)c1cc(C)c(Br)c(C)c1. The Kier molecular flexibility index (Phi) is 5.05. The number of nitrogens with one attached hydrogen (secondary N) is 1. The van der Waals surface area contributed by atoms with Crippen LogP contribution in [-0.2, 0) is 0 Å². The van der Waals surface area contributed by atoms with Gasteiger partial charge in [-0.3, -0.25) is 0 Å². The van der Waals surface area contributed by atoms with E-state index in [4.69, 9.17) is 6.42 Å². The first-order chi connectivity index (χ1) is 7.60. The normalized spacial score (nSPS) is 12.2. The van der Waals surface area contributed by atoms with E-state index in [1.165, 1.54) is 21.2 Å². The summed E-state index contributed by atoms with van der Waals surface area (Å²) in [7, 11) is 0. The molecule has 0 spiro atoms. The summed E-state index contributed by atoms with van der Waals surface area (Å²) in [5.74, 6) is 2.73. The molecule has 0 saturated heterocycles. The minimum atomic E-state index is 0.264. The highest BCUT2D eigenvalue weighted by Crippen LogP contribution is 2.26. The predicted octanol–water partition coefficient (Wildman–Crippen LogP) is 3.74.